The number of alkyl carbamates (subject to hydrolysis) is 1. The van der Waals surface area contributed by atoms with E-state index < -0.39 is 5.60 Å². The number of nitrogens with two attached hydrogens (primary N) is 1. The lowest BCUT2D eigenvalue weighted by Gasteiger charge is -2.32. The quantitative estimate of drug-likeness (QED) is 0.668. The summed E-state index contributed by atoms with van der Waals surface area (Å²) in [7, 11) is 4.11. The minimum Gasteiger partial charge on any atom is -0.444 e. The number of nitrogens with one attached hydrogen (secondary N) is 1. The van der Waals surface area contributed by atoms with Crippen molar-refractivity contribution in [2.75, 3.05) is 46.8 Å². The Morgan fingerprint density at radius 1 is 1.24 bits per heavy atom. The molecule has 0 aliphatic carbocycles. The second-order valence-electron chi connectivity index (χ2n) is 6.61. The molecule has 0 saturated carbocycles. The third-order valence-electron chi connectivity index (χ3n) is 3.01. The van der Waals surface area contributed by atoms with Gasteiger partial charge in [-0.05, 0) is 47.8 Å². The first-order valence-electron chi connectivity index (χ1n) is 7.75. The van der Waals surface area contributed by atoms with Gasteiger partial charge in [0.1, 0.15) is 5.60 Å². The van der Waals surface area contributed by atoms with Gasteiger partial charge in [0, 0.05) is 32.2 Å². The minimum atomic E-state index is -0.476. The first kappa shape index (κ1) is 20.1. The topological polar surface area (TPSA) is 70.8 Å². The normalized spacial score (nSPS) is 13.6. The fourth-order valence-corrected chi connectivity index (χ4v) is 1.97. The molecular weight excluding hydrogens is 268 g/mol. The summed E-state index contributed by atoms with van der Waals surface area (Å²) in [4.78, 5) is 16.2. The van der Waals surface area contributed by atoms with Gasteiger partial charge in [-0.25, -0.2) is 4.79 Å². The number of carbonyl (C=O) groups excluding carboxylic acids is 1. The first-order valence-corrected chi connectivity index (χ1v) is 7.75. The van der Waals surface area contributed by atoms with Crippen LogP contribution in [0, 0.1) is 0 Å². The zero-order valence-electron chi connectivity index (χ0n) is 14.6. The summed E-state index contributed by atoms with van der Waals surface area (Å²) in [6.45, 7) is 11.6. The lowest BCUT2D eigenvalue weighted by Crippen LogP contribution is -2.50. The summed E-state index contributed by atoms with van der Waals surface area (Å²) in [6.07, 6.45) is 0.682. The molecule has 0 aromatic rings. The zero-order valence-corrected chi connectivity index (χ0v) is 14.6. The molecule has 0 aromatic carbocycles. The van der Waals surface area contributed by atoms with Crippen molar-refractivity contribution < 1.29 is 9.53 Å². The van der Waals surface area contributed by atoms with Gasteiger partial charge in [0.25, 0.3) is 0 Å². The van der Waals surface area contributed by atoms with Gasteiger partial charge in [-0.3, -0.25) is 4.90 Å². The number of hydrogen-bond acceptors (Lipinski definition) is 5. The Hall–Kier alpha value is -0.850. The Balaban J connectivity index is 4.39. The smallest absolute Gasteiger partial charge is 0.407 e. The van der Waals surface area contributed by atoms with Crippen LogP contribution in [-0.4, -0.2) is 74.4 Å². The lowest BCUT2D eigenvalue weighted by atomic mass is 10.2. The monoisotopic (exact) mass is 302 g/mol. The molecule has 0 radical (unpaired) electrons. The van der Waals surface area contributed by atoms with Gasteiger partial charge in [0.2, 0.25) is 0 Å². The van der Waals surface area contributed by atoms with Gasteiger partial charge in [-0.1, -0.05) is 6.92 Å². The Labute approximate surface area is 130 Å². The SMILES string of the molecule is CCCN(CCN(C)C)C(CN)CNC(=O)OC(C)(C)C. The van der Waals surface area contributed by atoms with Gasteiger partial charge < -0.3 is 20.7 Å². The molecule has 0 spiro atoms. The molecule has 3 N–H and O–H groups in total. The Kier molecular flexibility index (Phi) is 9.57. The largest absolute Gasteiger partial charge is 0.444 e. The standard InChI is InChI=1S/C15H34N4O2/c1-7-8-19(10-9-18(5)6)13(11-16)12-17-14(20)21-15(2,3)4/h13H,7-12,16H2,1-6H3,(H,17,20). The van der Waals surface area contributed by atoms with Crippen LogP contribution in [0.5, 0.6) is 0 Å². The number of hydrogen-bond donors (Lipinski definition) is 2. The number of carbonyl (C=O) groups is 1. The number of ether oxygens (including phenoxy) is 1. The van der Waals surface area contributed by atoms with Crippen LogP contribution in [0.15, 0.2) is 0 Å². The Morgan fingerprint density at radius 3 is 2.29 bits per heavy atom. The van der Waals surface area contributed by atoms with Crippen LogP contribution in [0.2, 0.25) is 0 Å². The first-order chi connectivity index (χ1) is 9.69. The van der Waals surface area contributed by atoms with E-state index in [2.05, 4.69) is 36.1 Å². The fourth-order valence-electron chi connectivity index (χ4n) is 1.97. The lowest BCUT2D eigenvalue weighted by molar-refractivity contribution is 0.0506. The molecule has 1 atom stereocenters. The van der Waals surface area contributed by atoms with Gasteiger partial charge >= 0.3 is 6.09 Å². The van der Waals surface area contributed by atoms with Crippen LogP contribution in [0.4, 0.5) is 4.79 Å². The van der Waals surface area contributed by atoms with E-state index >= 15 is 0 Å². The van der Waals surface area contributed by atoms with Crippen LogP contribution >= 0.6 is 0 Å². The zero-order chi connectivity index (χ0) is 16.5. The predicted molar refractivity (Wildman–Crippen MR) is 87.5 cm³/mol. The number of rotatable bonds is 9. The van der Waals surface area contributed by atoms with E-state index in [1.807, 2.05) is 20.8 Å². The van der Waals surface area contributed by atoms with E-state index in [4.69, 9.17) is 10.5 Å². The van der Waals surface area contributed by atoms with Crippen molar-refractivity contribution >= 4 is 6.09 Å². The number of nitrogens with zero attached hydrogens (tertiary/aromatic N) is 2. The van der Waals surface area contributed by atoms with Crippen molar-refractivity contribution in [2.24, 2.45) is 5.73 Å². The molecule has 21 heavy (non-hydrogen) atoms. The highest BCUT2D eigenvalue weighted by Gasteiger charge is 2.20. The summed E-state index contributed by atoms with van der Waals surface area (Å²) < 4.78 is 5.25. The van der Waals surface area contributed by atoms with Crippen molar-refractivity contribution in [3.05, 3.63) is 0 Å². The van der Waals surface area contributed by atoms with Gasteiger partial charge in [0.05, 0.1) is 0 Å². The predicted octanol–water partition coefficient (Wildman–Crippen LogP) is 1.11. The van der Waals surface area contributed by atoms with Crippen molar-refractivity contribution in [3.63, 3.8) is 0 Å². The summed E-state index contributed by atoms with van der Waals surface area (Å²) in [6, 6.07) is 0.136. The summed E-state index contributed by atoms with van der Waals surface area (Å²) >= 11 is 0. The van der Waals surface area contributed by atoms with Gasteiger partial charge in [0.15, 0.2) is 0 Å². The highest BCUT2D eigenvalue weighted by molar-refractivity contribution is 5.67. The van der Waals surface area contributed by atoms with E-state index in [9.17, 15) is 4.79 Å². The van der Waals surface area contributed by atoms with E-state index in [1.165, 1.54) is 0 Å². The average molecular weight is 302 g/mol. The average Bonchev–Trinajstić information content (AvgIpc) is 2.34. The van der Waals surface area contributed by atoms with E-state index in [0.29, 0.717) is 13.1 Å². The maximum Gasteiger partial charge on any atom is 0.407 e. The van der Waals surface area contributed by atoms with Crippen LogP contribution in [0.1, 0.15) is 34.1 Å². The molecule has 0 bridgehead atoms. The minimum absolute atomic E-state index is 0.136. The summed E-state index contributed by atoms with van der Waals surface area (Å²) in [5.74, 6) is 0. The van der Waals surface area contributed by atoms with Crippen molar-refractivity contribution in [3.8, 4) is 0 Å². The maximum absolute atomic E-state index is 11.7. The summed E-state index contributed by atoms with van der Waals surface area (Å²) in [5.41, 5.74) is 5.40. The molecular formula is C15H34N4O2. The second kappa shape index (κ2) is 9.97. The maximum atomic E-state index is 11.7. The molecule has 0 heterocycles. The van der Waals surface area contributed by atoms with Gasteiger partial charge in [-0.2, -0.15) is 0 Å². The molecule has 0 rings (SSSR count). The van der Waals surface area contributed by atoms with E-state index in [0.717, 1.165) is 26.1 Å². The molecule has 0 aromatic heterocycles. The van der Waals surface area contributed by atoms with E-state index in [-0.39, 0.29) is 12.1 Å². The number of amides is 1. The van der Waals surface area contributed by atoms with Crippen LogP contribution < -0.4 is 11.1 Å². The van der Waals surface area contributed by atoms with E-state index in [1.54, 1.807) is 0 Å². The number of likely N-dealkylation sites (N-methyl/N-ethyl adjacent to an activating group) is 1. The second-order valence-corrected chi connectivity index (χ2v) is 6.61. The molecule has 6 heteroatoms. The highest BCUT2D eigenvalue weighted by Crippen LogP contribution is 2.07. The molecule has 0 aliphatic rings. The van der Waals surface area contributed by atoms with Gasteiger partial charge in [-0.15, -0.1) is 0 Å². The summed E-state index contributed by atoms with van der Waals surface area (Å²) in [5, 5.41) is 2.82. The molecule has 0 fully saturated rings. The van der Waals surface area contributed by atoms with Crippen LogP contribution in [-0.2, 0) is 4.74 Å². The molecule has 6 nitrogen and oxygen atoms in total. The molecule has 126 valence electrons. The third-order valence-corrected chi connectivity index (χ3v) is 3.01. The highest BCUT2D eigenvalue weighted by atomic mass is 16.6. The van der Waals surface area contributed by atoms with Crippen molar-refractivity contribution in [1.82, 2.24) is 15.1 Å². The molecule has 0 saturated heterocycles. The molecule has 1 unspecified atom stereocenters. The Morgan fingerprint density at radius 2 is 1.86 bits per heavy atom. The van der Waals surface area contributed by atoms with Crippen LogP contribution in [0.3, 0.4) is 0 Å². The molecule has 1 amide bonds. The third kappa shape index (κ3) is 10.5. The van der Waals surface area contributed by atoms with Crippen molar-refractivity contribution in [2.45, 2.75) is 45.8 Å². The van der Waals surface area contributed by atoms with Crippen LogP contribution in [0.25, 0.3) is 0 Å². The fraction of sp³-hybridized carbons (Fsp3) is 0.933. The van der Waals surface area contributed by atoms with Crippen molar-refractivity contribution in [1.29, 1.82) is 0 Å². The Bertz CT molecular complexity index is 290. The molecule has 0 aliphatic heterocycles.